The van der Waals surface area contributed by atoms with Crippen molar-refractivity contribution in [3.63, 3.8) is 0 Å². The van der Waals surface area contributed by atoms with E-state index >= 15 is 0 Å². The minimum Gasteiger partial charge on any atom is -0.324 e. The third kappa shape index (κ3) is 3.34. The molecule has 1 aliphatic heterocycles. The zero-order valence-corrected chi connectivity index (χ0v) is 12.9. The maximum absolute atomic E-state index is 13.0. The normalized spacial score (nSPS) is 18.0. The van der Waals surface area contributed by atoms with Crippen LogP contribution in [-0.2, 0) is 6.18 Å². The number of urea groups is 1. The van der Waals surface area contributed by atoms with Crippen molar-refractivity contribution in [2.45, 2.75) is 19.5 Å². The second kappa shape index (κ2) is 6.14. The van der Waals surface area contributed by atoms with Crippen LogP contribution in [0.5, 0.6) is 0 Å². The Hall–Kier alpha value is -2.58. The second-order valence-corrected chi connectivity index (χ2v) is 5.79. The summed E-state index contributed by atoms with van der Waals surface area (Å²) in [6, 6.07) is 3.29. The third-order valence-corrected chi connectivity index (χ3v) is 3.84. The number of aromatic nitrogens is 3. The van der Waals surface area contributed by atoms with Crippen LogP contribution in [-0.4, -0.2) is 38.8 Å². The van der Waals surface area contributed by atoms with Gasteiger partial charge in [-0.2, -0.15) is 13.2 Å². The highest BCUT2D eigenvalue weighted by molar-refractivity contribution is 5.88. The number of likely N-dealkylation sites (tertiary alicyclic amines) is 1. The minimum atomic E-state index is -4.54. The molecule has 6 nitrogen and oxygen atoms in total. The first-order valence-corrected chi connectivity index (χ1v) is 7.49. The van der Waals surface area contributed by atoms with Gasteiger partial charge in [0.2, 0.25) is 0 Å². The number of anilines is 1. The lowest BCUT2D eigenvalue weighted by atomic mass is 10.2. The standard InChI is InChI=1S/C15H16F3N5O/c1-10-4-7-22(9-10)14(24)20-12-5-8-23(21-12)13-11(15(16,17)18)3-2-6-19-13/h2-3,5-6,8,10H,4,7,9H2,1H3,(H,20,21,24). The van der Waals surface area contributed by atoms with Crippen LogP contribution in [0.25, 0.3) is 5.82 Å². The van der Waals surface area contributed by atoms with Crippen LogP contribution >= 0.6 is 0 Å². The predicted molar refractivity (Wildman–Crippen MR) is 80.7 cm³/mol. The number of carbonyl (C=O) groups excluding carboxylic acids is 1. The molecule has 0 radical (unpaired) electrons. The summed E-state index contributed by atoms with van der Waals surface area (Å²) in [4.78, 5) is 17.5. The van der Waals surface area contributed by atoms with E-state index in [0.29, 0.717) is 19.0 Å². The molecule has 1 atom stereocenters. The lowest BCUT2D eigenvalue weighted by Gasteiger charge is -2.15. The van der Waals surface area contributed by atoms with Gasteiger partial charge in [0.05, 0.1) is 0 Å². The van der Waals surface area contributed by atoms with E-state index in [1.165, 1.54) is 24.5 Å². The number of nitrogens with one attached hydrogen (secondary N) is 1. The highest BCUT2D eigenvalue weighted by atomic mass is 19.4. The van der Waals surface area contributed by atoms with Crippen LogP contribution < -0.4 is 5.32 Å². The summed E-state index contributed by atoms with van der Waals surface area (Å²) in [7, 11) is 0. The van der Waals surface area contributed by atoms with Crippen molar-refractivity contribution >= 4 is 11.8 Å². The molecular formula is C15H16F3N5O. The number of alkyl halides is 3. The van der Waals surface area contributed by atoms with Gasteiger partial charge in [0.25, 0.3) is 0 Å². The van der Waals surface area contributed by atoms with Crippen LogP contribution in [0.2, 0.25) is 0 Å². The van der Waals surface area contributed by atoms with Crippen molar-refractivity contribution in [1.29, 1.82) is 0 Å². The summed E-state index contributed by atoms with van der Waals surface area (Å²) in [5.74, 6) is 0.287. The lowest BCUT2D eigenvalue weighted by molar-refractivity contribution is -0.137. The van der Waals surface area contributed by atoms with E-state index in [2.05, 4.69) is 22.3 Å². The van der Waals surface area contributed by atoms with Gasteiger partial charge in [-0.1, -0.05) is 6.92 Å². The predicted octanol–water partition coefficient (Wildman–Crippen LogP) is 3.16. The SMILES string of the molecule is CC1CCN(C(=O)Nc2ccn(-c3ncccc3C(F)(F)F)n2)C1. The molecular weight excluding hydrogens is 323 g/mol. The Morgan fingerprint density at radius 2 is 2.17 bits per heavy atom. The zero-order chi connectivity index (χ0) is 17.3. The summed E-state index contributed by atoms with van der Waals surface area (Å²) in [5, 5.41) is 6.58. The molecule has 1 unspecified atom stereocenters. The smallest absolute Gasteiger partial charge is 0.324 e. The van der Waals surface area contributed by atoms with Gasteiger partial charge < -0.3 is 4.90 Å². The first-order chi connectivity index (χ1) is 11.3. The fourth-order valence-electron chi connectivity index (χ4n) is 2.62. The molecule has 1 saturated heterocycles. The Morgan fingerprint density at radius 3 is 2.83 bits per heavy atom. The van der Waals surface area contributed by atoms with Crippen molar-refractivity contribution in [2.24, 2.45) is 5.92 Å². The van der Waals surface area contributed by atoms with Gasteiger partial charge in [0.15, 0.2) is 11.6 Å². The number of hydrogen-bond donors (Lipinski definition) is 1. The van der Waals surface area contributed by atoms with Gasteiger partial charge in [-0.15, -0.1) is 5.10 Å². The molecule has 1 aliphatic rings. The Labute approximate surface area is 136 Å². The molecule has 24 heavy (non-hydrogen) atoms. The van der Waals surface area contributed by atoms with Gasteiger partial charge in [-0.25, -0.2) is 14.5 Å². The first kappa shape index (κ1) is 16.3. The van der Waals surface area contributed by atoms with Crippen LogP contribution in [0.4, 0.5) is 23.8 Å². The van der Waals surface area contributed by atoms with E-state index in [-0.39, 0.29) is 17.7 Å². The largest absolute Gasteiger partial charge is 0.420 e. The van der Waals surface area contributed by atoms with Gasteiger partial charge in [0.1, 0.15) is 5.56 Å². The van der Waals surface area contributed by atoms with Crippen LogP contribution in [0.1, 0.15) is 18.9 Å². The monoisotopic (exact) mass is 339 g/mol. The van der Waals surface area contributed by atoms with Crippen LogP contribution in [0, 0.1) is 5.92 Å². The van der Waals surface area contributed by atoms with Crippen molar-refractivity contribution in [2.75, 3.05) is 18.4 Å². The maximum atomic E-state index is 13.0. The van der Waals surface area contributed by atoms with E-state index in [1.54, 1.807) is 4.90 Å². The number of pyridine rings is 1. The molecule has 0 bridgehead atoms. The molecule has 128 valence electrons. The van der Waals surface area contributed by atoms with Gasteiger partial charge in [0, 0.05) is 31.5 Å². The van der Waals surface area contributed by atoms with Gasteiger partial charge in [-0.05, 0) is 24.5 Å². The average Bonchev–Trinajstić information content (AvgIpc) is 3.15. The van der Waals surface area contributed by atoms with E-state index < -0.39 is 11.7 Å². The van der Waals surface area contributed by atoms with Crippen LogP contribution in [0.3, 0.4) is 0 Å². The van der Waals surface area contributed by atoms with E-state index in [9.17, 15) is 18.0 Å². The number of carbonyl (C=O) groups is 1. The molecule has 2 aromatic heterocycles. The number of nitrogens with zero attached hydrogens (tertiary/aromatic N) is 4. The molecule has 3 rings (SSSR count). The first-order valence-electron chi connectivity index (χ1n) is 7.49. The molecule has 2 amide bonds. The topological polar surface area (TPSA) is 63.1 Å². The average molecular weight is 339 g/mol. The summed E-state index contributed by atoms with van der Waals surface area (Å²) in [5.41, 5.74) is -0.889. The zero-order valence-electron chi connectivity index (χ0n) is 12.9. The molecule has 2 aromatic rings. The highest BCUT2D eigenvalue weighted by Crippen LogP contribution is 2.32. The second-order valence-electron chi connectivity index (χ2n) is 5.79. The van der Waals surface area contributed by atoms with Crippen molar-refractivity contribution in [1.82, 2.24) is 19.7 Å². The number of rotatable bonds is 2. The number of amides is 2. The van der Waals surface area contributed by atoms with E-state index in [0.717, 1.165) is 17.2 Å². The quantitative estimate of drug-likeness (QED) is 0.914. The van der Waals surface area contributed by atoms with Crippen molar-refractivity contribution < 1.29 is 18.0 Å². The summed E-state index contributed by atoms with van der Waals surface area (Å²) in [6.45, 7) is 3.37. The maximum Gasteiger partial charge on any atom is 0.420 e. The van der Waals surface area contributed by atoms with Gasteiger partial charge in [-0.3, -0.25) is 5.32 Å². The molecule has 1 N–H and O–H groups in total. The summed E-state index contributed by atoms with van der Waals surface area (Å²) >= 11 is 0. The van der Waals surface area contributed by atoms with Crippen molar-refractivity contribution in [3.05, 3.63) is 36.2 Å². The number of halogens is 3. The Kier molecular flexibility index (Phi) is 4.16. The Balaban J connectivity index is 1.78. The van der Waals surface area contributed by atoms with E-state index in [4.69, 9.17) is 0 Å². The molecule has 3 heterocycles. The molecule has 0 aliphatic carbocycles. The number of hydrogen-bond acceptors (Lipinski definition) is 3. The fourth-order valence-corrected chi connectivity index (χ4v) is 2.62. The molecule has 0 aromatic carbocycles. The molecule has 0 spiro atoms. The van der Waals surface area contributed by atoms with Gasteiger partial charge >= 0.3 is 12.2 Å². The Bertz CT molecular complexity index is 743. The van der Waals surface area contributed by atoms with Crippen LogP contribution in [0.15, 0.2) is 30.6 Å². The molecule has 9 heteroatoms. The van der Waals surface area contributed by atoms with E-state index in [1.807, 2.05) is 0 Å². The lowest BCUT2D eigenvalue weighted by Crippen LogP contribution is -2.32. The minimum absolute atomic E-state index is 0.179. The third-order valence-electron chi connectivity index (χ3n) is 3.84. The summed E-state index contributed by atoms with van der Waals surface area (Å²) < 4.78 is 40.1. The highest BCUT2D eigenvalue weighted by Gasteiger charge is 2.35. The van der Waals surface area contributed by atoms with Crippen molar-refractivity contribution in [3.8, 4) is 5.82 Å². The summed E-state index contributed by atoms with van der Waals surface area (Å²) in [6.07, 6.45) is -1.01. The molecule has 1 fully saturated rings. The fraction of sp³-hybridized carbons (Fsp3) is 0.400. The molecule has 0 saturated carbocycles. The Morgan fingerprint density at radius 1 is 1.38 bits per heavy atom.